The topological polar surface area (TPSA) is 105 Å². The number of pyridine rings is 2. The third kappa shape index (κ3) is 4.54. The summed E-state index contributed by atoms with van der Waals surface area (Å²) in [6, 6.07) is 3.14. The first-order valence-electron chi connectivity index (χ1n) is 11.3. The number of carbonyl (C=O) groups is 2. The number of carbonyl (C=O) groups excluding carboxylic acids is 2. The normalized spacial score (nSPS) is 18.9. The maximum atomic E-state index is 14.8. The van der Waals surface area contributed by atoms with Crippen molar-refractivity contribution in [2.24, 2.45) is 5.92 Å². The van der Waals surface area contributed by atoms with E-state index in [0.717, 1.165) is 39.9 Å². The van der Waals surface area contributed by atoms with Crippen molar-refractivity contribution in [1.82, 2.24) is 14.9 Å². The van der Waals surface area contributed by atoms with E-state index in [1.54, 1.807) is 0 Å². The molecule has 2 atom stereocenters. The first kappa shape index (κ1) is 24.8. The highest BCUT2D eigenvalue weighted by Gasteiger charge is 2.50. The molecular formula is C24H19F5N4O4. The molecule has 37 heavy (non-hydrogen) atoms. The number of β-amino-alcohol motifs (C(OH)–C–C–N with tert-alkyl or cyclic N) is 1. The zero-order chi connectivity index (χ0) is 26.6. The van der Waals surface area contributed by atoms with Crippen molar-refractivity contribution in [3.8, 4) is 5.69 Å². The monoisotopic (exact) mass is 522 g/mol. The first-order valence-corrected chi connectivity index (χ1v) is 11.3. The van der Waals surface area contributed by atoms with E-state index >= 15 is 0 Å². The third-order valence-electron chi connectivity index (χ3n) is 6.37. The molecule has 1 saturated heterocycles. The Hall–Kier alpha value is -3.87. The van der Waals surface area contributed by atoms with E-state index in [1.165, 1.54) is 6.07 Å². The van der Waals surface area contributed by atoms with Crippen molar-refractivity contribution in [1.29, 1.82) is 0 Å². The summed E-state index contributed by atoms with van der Waals surface area (Å²) in [5.74, 6) is -4.87. The van der Waals surface area contributed by atoms with Crippen molar-refractivity contribution in [3.05, 3.63) is 63.9 Å². The van der Waals surface area contributed by atoms with Crippen molar-refractivity contribution >= 4 is 28.7 Å². The minimum Gasteiger partial charge on any atom is -0.391 e. The second kappa shape index (κ2) is 8.91. The molecule has 3 heterocycles. The van der Waals surface area contributed by atoms with Crippen LogP contribution in [0.4, 0.5) is 27.8 Å². The lowest BCUT2D eigenvalue weighted by Gasteiger charge is -2.22. The Balaban J connectivity index is 1.69. The first-order chi connectivity index (χ1) is 17.5. The van der Waals surface area contributed by atoms with Gasteiger partial charge in [-0.2, -0.15) is 13.2 Å². The number of rotatable bonds is 5. The predicted octanol–water partition coefficient (Wildman–Crippen LogP) is 2.83. The molecule has 13 heteroatoms. The van der Waals surface area contributed by atoms with Crippen LogP contribution in [-0.4, -0.2) is 51.3 Å². The summed E-state index contributed by atoms with van der Waals surface area (Å²) in [7, 11) is 0. The van der Waals surface area contributed by atoms with Gasteiger partial charge in [0.05, 0.1) is 24.5 Å². The van der Waals surface area contributed by atoms with Crippen LogP contribution in [0.1, 0.15) is 29.6 Å². The maximum Gasteiger partial charge on any atom is 0.408 e. The van der Waals surface area contributed by atoms with Crippen molar-refractivity contribution < 1.29 is 36.6 Å². The van der Waals surface area contributed by atoms with E-state index in [1.807, 2.05) is 5.32 Å². The number of hydrogen-bond donors (Lipinski definition) is 2. The zero-order valence-corrected chi connectivity index (χ0v) is 18.9. The molecule has 1 aliphatic heterocycles. The summed E-state index contributed by atoms with van der Waals surface area (Å²) < 4.78 is 70.8. The number of aliphatic hydroxyl groups is 1. The lowest BCUT2D eigenvalue weighted by molar-refractivity contribution is -0.158. The van der Waals surface area contributed by atoms with Crippen molar-refractivity contribution in [3.63, 3.8) is 0 Å². The fraction of sp³-hybridized carbons (Fsp3) is 0.333. The van der Waals surface area contributed by atoms with Gasteiger partial charge >= 0.3 is 6.18 Å². The molecule has 194 valence electrons. The van der Waals surface area contributed by atoms with Crippen LogP contribution in [0.25, 0.3) is 16.7 Å². The summed E-state index contributed by atoms with van der Waals surface area (Å²) >= 11 is 0. The fourth-order valence-electron chi connectivity index (χ4n) is 4.42. The van der Waals surface area contributed by atoms with Crippen LogP contribution in [0, 0.1) is 17.6 Å². The molecule has 1 aliphatic carbocycles. The standard InChI is InChI=1S/C24H19F5N4O4/c25-15-2-1-3-16(26)19(15)33-10-14(23(37)31-21(11-4-5-11)24(27,28)29)20(36)13-6-7-17(30-22(13)33)32-9-12(34)8-18(32)35/h1-3,6-7,10-12,21,34H,4-5,8-9H2,(H,31,37). The van der Waals surface area contributed by atoms with Gasteiger partial charge in [-0.25, -0.2) is 13.8 Å². The number of aromatic nitrogens is 2. The van der Waals surface area contributed by atoms with Gasteiger partial charge in [0.15, 0.2) is 5.65 Å². The van der Waals surface area contributed by atoms with E-state index in [2.05, 4.69) is 4.98 Å². The molecule has 0 radical (unpaired) electrons. The van der Waals surface area contributed by atoms with E-state index in [4.69, 9.17) is 0 Å². The second-order valence-electron chi connectivity index (χ2n) is 9.05. The van der Waals surface area contributed by atoms with Gasteiger partial charge in [0.25, 0.3) is 5.91 Å². The van der Waals surface area contributed by atoms with E-state index < -0.39 is 64.4 Å². The summed E-state index contributed by atoms with van der Waals surface area (Å²) in [6.07, 6.45) is -4.65. The summed E-state index contributed by atoms with van der Waals surface area (Å²) in [6.45, 7) is -0.101. The number of hydrogen-bond acceptors (Lipinski definition) is 5. The highest BCUT2D eigenvalue weighted by Crippen LogP contribution is 2.40. The molecule has 5 rings (SSSR count). The highest BCUT2D eigenvalue weighted by molar-refractivity contribution is 5.99. The van der Waals surface area contributed by atoms with Gasteiger partial charge in [-0.3, -0.25) is 23.9 Å². The summed E-state index contributed by atoms with van der Waals surface area (Å²) in [4.78, 5) is 43.6. The van der Waals surface area contributed by atoms with Gasteiger partial charge in [-0.05, 0) is 43.0 Å². The van der Waals surface area contributed by atoms with Crippen LogP contribution in [0.2, 0.25) is 0 Å². The number of nitrogens with zero attached hydrogens (tertiary/aromatic N) is 3. The van der Waals surface area contributed by atoms with Gasteiger partial charge in [0, 0.05) is 6.20 Å². The molecule has 2 unspecified atom stereocenters. The lowest BCUT2D eigenvalue weighted by Crippen LogP contribution is -2.48. The largest absolute Gasteiger partial charge is 0.408 e. The number of nitrogens with one attached hydrogen (secondary N) is 1. The van der Waals surface area contributed by atoms with E-state index in [-0.39, 0.29) is 42.7 Å². The van der Waals surface area contributed by atoms with E-state index in [0.29, 0.717) is 0 Å². The van der Waals surface area contributed by atoms with Crippen molar-refractivity contribution in [2.45, 2.75) is 37.6 Å². The molecule has 0 spiro atoms. The molecule has 3 aromatic rings. The molecule has 1 aromatic carbocycles. The lowest BCUT2D eigenvalue weighted by atomic mass is 10.1. The highest BCUT2D eigenvalue weighted by atomic mass is 19.4. The molecule has 2 fully saturated rings. The number of amides is 2. The van der Waals surface area contributed by atoms with Crippen LogP contribution in [0.15, 0.2) is 41.3 Å². The van der Waals surface area contributed by atoms with Crippen molar-refractivity contribution in [2.75, 3.05) is 11.4 Å². The number of anilines is 1. The number of fused-ring (bicyclic) bond motifs is 1. The van der Waals surface area contributed by atoms with Crippen LogP contribution < -0.4 is 15.6 Å². The molecule has 2 aliphatic rings. The van der Waals surface area contributed by atoms with Gasteiger partial charge in [-0.15, -0.1) is 0 Å². The smallest absolute Gasteiger partial charge is 0.391 e. The molecule has 8 nitrogen and oxygen atoms in total. The average Bonchev–Trinajstić information content (AvgIpc) is 3.60. The second-order valence-corrected chi connectivity index (χ2v) is 9.05. The fourth-order valence-corrected chi connectivity index (χ4v) is 4.42. The van der Waals surface area contributed by atoms with Gasteiger partial charge in [-0.1, -0.05) is 6.07 Å². The Labute approximate surface area is 205 Å². The Morgan fingerprint density at radius 1 is 1.11 bits per heavy atom. The maximum absolute atomic E-state index is 14.8. The third-order valence-corrected chi connectivity index (χ3v) is 6.37. The van der Waals surface area contributed by atoms with Gasteiger partial charge < -0.3 is 10.4 Å². The quantitative estimate of drug-likeness (QED) is 0.502. The Morgan fingerprint density at radius 3 is 2.35 bits per heavy atom. The number of halogens is 5. The Bertz CT molecular complexity index is 1460. The summed E-state index contributed by atoms with van der Waals surface area (Å²) in [5.41, 5.74) is -2.85. The molecule has 2 aromatic heterocycles. The number of benzene rings is 1. The summed E-state index contributed by atoms with van der Waals surface area (Å²) in [5, 5.41) is 11.3. The minimum atomic E-state index is -4.76. The molecule has 2 amide bonds. The minimum absolute atomic E-state index is 0.0259. The SMILES string of the molecule is O=C(NC(C1CC1)C(F)(F)F)c1cn(-c2c(F)cccc2F)c2nc(N3CC(O)CC3=O)ccc2c1=O. The van der Waals surface area contributed by atoms with Gasteiger partial charge in [0.2, 0.25) is 11.3 Å². The molecule has 0 bridgehead atoms. The Kier molecular flexibility index (Phi) is 5.97. The van der Waals surface area contributed by atoms with E-state index in [9.17, 15) is 41.4 Å². The molecular weight excluding hydrogens is 503 g/mol. The molecule has 2 N–H and O–H groups in total. The zero-order valence-electron chi connectivity index (χ0n) is 18.9. The van der Waals surface area contributed by atoms with Crippen LogP contribution in [-0.2, 0) is 4.79 Å². The van der Waals surface area contributed by atoms with Crippen LogP contribution >= 0.6 is 0 Å². The van der Waals surface area contributed by atoms with Gasteiger partial charge in [0.1, 0.15) is 34.7 Å². The van der Waals surface area contributed by atoms with Crippen LogP contribution in [0.5, 0.6) is 0 Å². The number of para-hydroxylation sites is 1. The van der Waals surface area contributed by atoms with Crippen LogP contribution in [0.3, 0.4) is 0 Å². The Morgan fingerprint density at radius 2 is 1.78 bits per heavy atom. The average molecular weight is 522 g/mol. The number of aliphatic hydroxyl groups excluding tert-OH is 1. The predicted molar refractivity (Wildman–Crippen MR) is 120 cm³/mol. The molecule has 1 saturated carbocycles. The number of alkyl halides is 3.